The minimum absolute atomic E-state index is 0.0107. The van der Waals surface area contributed by atoms with Crippen LogP contribution in [0.25, 0.3) is 0 Å². The van der Waals surface area contributed by atoms with E-state index in [4.69, 9.17) is 9.47 Å². The summed E-state index contributed by atoms with van der Waals surface area (Å²) >= 11 is 0. The van der Waals surface area contributed by atoms with Gasteiger partial charge in [0, 0.05) is 12.3 Å². The smallest absolute Gasteiger partial charge is 0.256 e. The molecule has 1 aliphatic carbocycles. The van der Waals surface area contributed by atoms with Crippen LogP contribution in [0.5, 0.6) is 5.75 Å². The van der Waals surface area contributed by atoms with Crippen molar-refractivity contribution in [1.82, 2.24) is 0 Å². The Hall–Kier alpha value is -1.55. The number of rotatable bonds is 8. The monoisotopic (exact) mass is 347 g/mol. The third-order valence-electron chi connectivity index (χ3n) is 5.10. The van der Waals surface area contributed by atoms with Crippen LogP contribution in [0.2, 0.25) is 0 Å². The molecule has 1 aromatic rings. The zero-order chi connectivity index (χ0) is 18.3. The van der Waals surface area contributed by atoms with Crippen molar-refractivity contribution in [3.05, 3.63) is 24.3 Å². The highest BCUT2D eigenvalue weighted by Gasteiger charge is 2.42. The summed E-state index contributed by atoms with van der Waals surface area (Å²) < 4.78 is 11.8. The first-order valence-electron chi connectivity index (χ1n) is 9.71. The van der Waals surface area contributed by atoms with E-state index in [2.05, 4.69) is 33.0 Å². The second kappa shape index (κ2) is 9.23. The van der Waals surface area contributed by atoms with Gasteiger partial charge in [-0.1, -0.05) is 20.8 Å². The minimum Gasteiger partial charge on any atom is -0.491 e. The molecular formula is C21H33NO3. The summed E-state index contributed by atoms with van der Waals surface area (Å²) in [6.07, 6.45) is 5.76. The number of anilines is 1. The first-order chi connectivity index (χ1) is 12.0. The fourth-order valence-corrected chi connectivity index (χ4v) is 3.14. The highest BCUT2D eigenvalue weighted by molar-refractivity contribution is 5.97. The van der Waals surface area contributed by atoms with Crippen molar-refractivity contribution < 1.29 is 14.3 Å². The van der Waals surface area contributed by atoms with E-state index in [1.807, 2.05) is 24.3 Å². The number of benzene rings is 1. The van der Waals surface area contributed by atoms with Gasteiger partial charge in [0.15, 0.2) is 0 Å². The molecule has 2 rings (SSSR count). The Morgan fingerprint density at radius 2 is 1.88 bits per heavy atom. The number of hydrogen-bond acceptors (Lipinski definition) is 3. The summed E-state index contributed by atoms with van der Waals surface area (Å²) in [6.45, 7) is 9.10. The molecule has 0 bridgehead atoms. The van der Waals surface area contributed by atoms with E-state index >= 15 is 0 Å². The summed E-state index contributed by atoms with van der Waals surface area (Å²) in [4.78, 5) is 12.9. The molecule has 1 atom stereocenters. The van der Waals surface area contributed by atoms with Crippen molar-refractivity contribution in [2.45, 2.75) is 77.9 Å². The van der Waals surface area contributed by atoms with Crippen molar-refractivity contribution in [3.8, 4) is 5.75 Å². The minimum atomic E-state index is -0.672. The van der Waals surface area contributed by atoms with Crippen LogP contribution in [0, 0.1) is 5.92 Å². The highest BCUT2D eigenvalue weighted by atomic mass is 16.5. The molecule has 0 aromatic heterocycles. The zero-order valence-corrected chi connectivity index (χ0v) is 16.1. The molecule has 1 unspecified atom stereocenters. The number of amides is 1. The fourth-order valence-electron chi connectivity index (χ4n) is 3.14. The Labute approximate surface area is 152 Å². The van der Waals surface area contributed by atoms with E-state index in [1.165, 1.54) is 0 Å². The third-order valence-corrected chi connectivity index (χ3v) is 5.10. The van der Waals surface area contributed by atoms with Crippen molar-refractivity contribution >= 4 is 11.6 Å². The normalized spacial score (nSPS) is 24.6. The quantitative estimate of drug-likeness (QED) is 0.705. The van der Waals surface area contributed by atoms with Crippen LogP contribution in [-0.2, 0) is 9.53 Å². The zero-order valence-electron chi connectivity index (χ0n) is 16.1. The summed E-state index contributed by atoms with van der Waals surface area (Å²) in [5, 5.41) is 3.05. The van der Waals surface area contributed by atoms with Gasteiger partial charge in [-0.3, -0.25) is 4.79 Å². The Kier molecular flexibility index (Phi) is 7.30. The number of ether oxygens (including phenoxy) is 2. The molecule has 1 aromatic carbocycles. The van der Waals surface area contributed by atoms with Crippen molar-refractivity contribution in [3.63, 3.8) is 0 Å². The van der Waals surface area contributed by atoms with Crippen molar-refractivity contribution in [2.75, 3.05) is 11.9 Å². The van der Waals surface area contributed by atoms with Gasteiger partial charge in [0.1, 0.15) is 11.4 Å². The molecule has 140 valence electrons. The molecule has 4 nitrogen and oxygen atoms in total. The van der Waals surface area contributed by atoms with Gasteiger partial charge in [-0.15, -0.1) is 0 Å². The number of carbonyl (C=O) groups excluding carboxylic acids is 1. The molecule has 1 N–H and O–H groups in total. The maximum Gasteiger partial charge on any atom is 0.256 e. The first kappa shape index (κ1) is 19.8. The molecule has 0 radical (unpaired) electrons. The summed E-state index contributed by atoms with van der Waals surface area (Å²) in [7, 11) is 0. The second-order valence-corrected chi connectivity index (χ2v) is 7.34. The molecule has 0 heterocycles. The van der Waals surface area contributed by atoms with Crippen LogP contribution in [0.15, 0.2) is 24.3 Å². The lowest BCUT2D eigenvalue weighted by atomic mass is 9.78. The maximum absolute atomic E-state index is 12.9. The number of carbonyl (C=O) groups is 1. The van der Waals surface area contributed by atoms with Crippen molar-refractivity contribution in [2.24, 2.45) is 5.92 Å². The van der Waals surface area contributed by atoms with Crippen molar-refractivity contribution in [1.29, 1.82) is 0 Å². The Balaban J connectivity index is 2.02. The van der Waals surface area contributed by atoms with E-state index in [0.717, 1.165) is 50.0 Å². The number of hydrogen-bond donors (Lipinski definition) is 1. The van der Waals surface area contributed by atoms with E-state index < -0.39 is 5.60 Å². The summed E-state index contributed by atoms with van der Waals surface area (Å²) in [5.74, 6) is 1.49. The number of nitrogens with one attached hydrogen (secondary N) is 1. The van der Waals surface area contributed by atoms with Crippen LogP contribution >= 0.6 is 0 Å². The molecule has 0 saturated heterocycles. The maximum atomic E-state index is 12.9. The van der Waals surface area contributed by atoms with Gasteiger partial charge in [0.25, 0.3) is 5.91 Å². The lowest BCUT2D eigenvalue weighted by Gasteiger charge is -2.38. The molecule has 1 aliphatic rings. The molecule has 0 aliphatic heterocycles. The van der Waals surface area contributed by atoms with E-state index in [9.17, 15) is 4.79 Å². The highest BCUT2D eigenvalue weighted by Crippen LogP contribution is 2.36. The van der Waals surface area contributed by atoms with Gasteiger partial charge < -0.3 is 14.8 Å². The predicted molar refractivity (Wildman–Crippen MR) is 102 cm³/mol. The van der Waals surface area contributed by atoms with E-state index in [1.54, 1.807) is 0 Å². The second-order valence-electron chi connectivity index (χ2n) is 7.34. The van der Waals surface area contributed by atoms with Gasteiger partial charge in [0.05, 0.1) is 6.10 Å². The molecule has 1 amide bonds. The van der Waals surface area contributed by atoms with Gasteiger partial charge in [0.2, 0.25) is 0 Å². The van der Waals surface area contributed by atoms with Crippen LogP contribution < -0.4 is 10.1 Å². The molecule has 4 heteroatoms. The SMILES string of the molecule is CCCOC1(C(=O)Nc2ccc(OC(C)CC)cc2)CCC(C)CC1. The average Bonchev–Trinajstić information content (AvgIpc) is 2.63. The standard InChI is InChI=1S/C21H33NO3/c1-5-15-24-21(13-11-16(3)12-14-21)20(23)22-18-7-9-19(10-8-18)25-17(4)6-2/h7-10,16-17H,5-6,11-15H2,1-4H3,(H,22,23). The average molecular weight is 347 g/mol. The van der Waals surface area contributed by atoms with Crippen LogP contribution in [0.3, 0.4) is 0 Å². The summed E-state index contributed by atoms with van der Waals surface area (Å²) in [6, 6.07) is 7.61. The predicted octanol–water partition coefficient (Wildman–Crippen LogP) is 5.18. The molecule has 25 heavy (non-hydrogen) atoms. The lowest BCUT2D eigenvalue weighted by Crippen LogP contribution is -2.48. The first-order valence-corrected chi connectivity index (χ1v) is 9.71. The van der Waals surface area contributed by atoms with E-state index in [0.29, 0.717) is 12.5 Å². The summed E-state index contributed by atoms with van der Waals surface area (Å²) in [5.41, 5.74) is 0.119. The van der Waals surface area contributed by atoms with Crippen LogP contribution in [0.4, 0.5) is 5.69 Å². The van der Waals surface area contributed by atoms with Crippen LogP contribution in [0.1, 0.15) is 66.2 Å². The largest absolute Gasteiger partial charge is 0.491 e. The Morgan fingerprint density at radius 1 is 1.24 bits per heavy atom. The van der Waals surface area contributed by atoms with Gasteiger partial charge >= 0.3 is 0 Å². The third kappa shape index (κ3) is 5.46. The molecular weight excluding hydrogens is 314 g/mol. The molecule has 1 saturated carbocycles. The Bertz CT molecular complexity index is 527. The fraction of sp³-hybridized carbons (Fsp3) is 0.667. The van der Waals surface area contributed by atoms with Crippen LogP contribution in [-0.4, -0.2) is 24.2 Å². The Morgan fingerprint density at radius 3 is 2.44 bits per heavy atom. The van der Waals surface area contributed by atoms with E-state index in [-0.39, 0.29) is 12.0 Å². The lowest BCUT2D eigenvalue weighted by molar-refractivity contribution is -0.147. The topological polar surface area (TPSA) is 47.6 Å². The molecule has 0 spiro atoms. The van der Waals surface area contributed by atoms with Gasteiger partial charge in [-0.2, -0.15) is 0 Å². The van der Waals surface area contributed by atoms with Gasteiger partial charge in [-0.25, -0.2) is 0 Å². The van der Waals surface area contributed by atoms with Gasteiger partial charge in [-0.05, 0) is 75.6 Å². The molecule has 1 fully saturated rings.